The number of para-hydroxylation sites is 2. The first-order valence-corrected chi connectivity index (χ1v) is 11.8. The zero-order valence-electron chi connectivity index (χ0n) is 19.2. The Morgan fingerprint density at radius 1 is 0.861 bits per heavy atom. The van der Waals surface area contributed by atoms with E-state index >= 15 is 0 Å². The number of carbonyl (C=O) groups excluding carboxylic acids is 1. The van der Waals surface area contributed by atoms with Crippen LogP contribution in [-0.4, -0.2) is 16.7 Å². The molecule has 0 unspecified atom stereocenters. The van der Waals surface area contributed by atoms with Gasteiger partial charge < -0.3 is 9.30 Å². The van der Waals surface area contributed by atoms with Gasteiger partial charge >= 0.3 is 0 Å². The van der Waals surface area contributed by atoms with Crippen LogP contribution in [0.2, 0.25) is 5.02 Å². The van der Waals surface area contributed by atoms with Gasteiger partial charge in [-0.2, -0.15) is 5.10 Å². The molecule has 7 heteroatoms. The molecule has 0 saturated carbocycles. The van der Waals surface area contributed by atoms with Crippen LogP contribution in [0.5, 0.6) is 5.75 Å². The van der Waals surface area contributed by atoms with Gasteiger partial charge in [0.1, 0.15) is 18.9 Å². The molecule has 0 bridgehead atoms. The number of carbonyl (C=O) groups is 1. The fourth-order valence-corrected chi connectivity index (χ4v) is 4.22. The third-order valence-corrected chi connectivity index (χ3v) is 6.18. The van der Waals surface area contributed by atoms with E-state index in [1.54, 1.807) is 18.3 Å². The van der Waals surface area contributed by atoms with E-state index < -0.39 is 0 Å². The van der Waals surface area contributed by atoms with Gasteiger partial charge in [-0.15, -0.1) is 0 Å². The Bertz CT molecular complexity index is 1580. The number of fused-ring (bicyclic) bond motifs is 2. The van der Waals surface area contributed by atoms with Gasteiger partial charge in [0.05, 0.1) is 17.2 Å². The lowest BCUT2D eigenvalue weighted by molar-refractivity contribution is -0.121. The summed E-state index contributed by atoms with van der Waals surface area (Å²) >= 11 is 6.17. The van der Waals surface area contributed by atoms with Crippen LogP contribution in [0.1, 0.15) is 11.1 Å². The van der Waals surface area contributed by atoms with Gasteiger partial charge in [0.2, 0.25) is 0 Å². The van der Waals surface area contributed by atoms with Gasteiger partial charge in [0.25, 0.3) is 5.91 Å². The number of hydrogen-bond acceptors (Lipinski definition) is 4. The summed E-state index contributed by atoms with van der Waals surface area (Å²) in [4.78, 5) is 25.6. The van der Waals surface area contributed by atoms with Crippen LogP contribution >= 0.6 is 11.6 Å². The summed E-state index contributed by atoms with van der Waals surface area (Å²) in [7, 11) is 0. The monoisotopic (exact) mass is 495 g/mol. The average molecular weight is 496 g/mol. The Hall–Kier alpha value is -4.42. The number of aromatic nitrogens is 1. The average Bonchev–Trinajstić information content (AvgIpc) is 2.91. The summed E-state index contributed by atoms with van der Waals surface area (Å²) in [5.41, 5.74) is 5.65. The Balaban J connectivity index is 1.25. The van der Waals surface area contributed by atoms with Crippen molar-refractivity contribution in [2.45, 2.75) is 13.2 Å². The normalized spacial score (nSPS) is 11.2. The first-order chi connectivity index (χ1) is 17.6. The lowest BCUT2D eigenvalue weighted by atomic mass is 10.1. The Morgan fingerprint density at radius 2 is 1.47 bits per heavy atom. The quantitative estimate of drug-likeness (QED) is 0.183. The molecule has 5 aromatic rings. The summed E-state index contributed by atoms with van der Waals surface area (Å²) < 4.78 is 7.63. The molecular formula is C29H22ClN3O3. The van der Waals surface area contributed by atoms with Crippen LogP contribution in [0.3, 0.4) is 0 Å². The number of hydrazone groups is 1. The summed E-state index contributed by atoms with van der Waals surface area (Å²) in [6, 6.07) is 29.5. The van der Waals surface area contributed by atoms with Crippen molar-refractivity contribution >= 4 is 45.5 Å². The summed E-state index contributed by atoms with van der Waals surface area (Å²) in [5.74, 6) is 0.401. The van der Waals surface area contributed by atoms with Crippen molar-refractivity contribution in [1.82, 2.24) is 9.99 Å². The minimum atomic E-state index is -0.301. The molecule has 1 aromatic heterocycles. The number of ether oxygens (including phenoxy) is 1. The predicted octanol–water partition coefficient (Wildman–Crippen LogP) is 5.54. The second-order valence-corrected chi connectivity index (χ2v) is 8.60. The molecule has 6 nitrogen and oxygen atoms in total. The lowest BCUT2D eigenvalue weighted by Crippen LogP contribution is -2.25. The smallest absolute Gasteiger partial charge is 0.260 e. The van der Waals surface area contributed by atoms with E-state index in [2.05, 4.69) is 10.5 Å². The SMILES string of the molecule is O=C(Cn1c2ccccc2c(=O)c2ccccc21)N/N=C/c1ccc(OCc2ccccc2Cl)cc1. The number of pyridine rings is 1. The van der Waals surface area contributed by atoms with Gasteiger partial charge in [-0.1, -0.05) is 54.1 Å². The summed E-state index contributed by atoms with van der Waals surface area (Å²) in [6.45, 7) is 0.394. The molecule has 0 spiro atoms. The second-order valence-electron chi connectivity index (χ2n) is 8.19. The van der Waals surface area contributed by atoms with Gasteiger partial charge in [-0.05, 0) is 60.2 Å². The fraction of sp³-hybridized carbons (Fsp3) is 0.0690. The highest BCUT2D eigenvalue weighted by atomic mass is 35.5. The third kappa shape index (κ3) is 4.99. The van der Waals surface area contributed by atoms with Gasteiger partial charge in [0.15, 0.2) is 5.43 Å². The molecule has 0 radical (unpaired) electrons. The van der Waals surface area contributed by atoms with Crippen molar-refractivity contribution < 1.29 is 9.53 Å². The standard InChI is InChI=1S/C29H22ClN3O3/c30-25-10-4-1-7-21(25)19-36-22-15-13-20(14-16-22)17-31-32-28(34)18-33-26-11-5-2-8-23(26)29(35)24-9-3-6-12-27(24)33/h1-17H,18-19H2,(H,32,34)/b31-17+. The zero-order valence-corrected chi connectivity index (χ0v) is 20.0. The van der Waals surface area contributed by atoms with Gasteiger partial charge in [-0.25, -0.2) is 5.43 Å². The van der Waals surface area contributed by atoms with E-state index in [9.17, 15) is 9.59 Å². The van der Waals surface area contributed by atoms with Crippen LogP contribution in [-0.2, 0) is 17.9 Å². The molecule has 5 rings (SSSR count). The topological polar surface area (TPSA) is 72.7 Å². The maximum absolute atomic E-state index is 12.9. The third-order valence-electron chi connectivity index (χ3n) is 5.82. The van der Waals surface area contributed by atoms with Crippen LogP contribution in [0.25, 0.3) is 21.8 Å². The maximum atomic E-state index is 12.9. The van der Waals surface area contributed by atoms with Crippen molar-refractivity contribution in [3.63, 3.8) is 0 Å². The Labute approximate surface area is 212 Å². The number of nitrogens with zero attached hydrogens (tertiary/aromatic N) is 2. The number of benzene rings is 4. The molecule has 0 aliphatic heterocycles. The fourth-order valence-electron chi connectivity index (χ4n) is 4.03. The molecule has 0 atom stereocenters. The van der Waals surface area contributed by atoms with Gasteiger partial charge in [-0.3, -0.25) is 9.59 Å². The van der Waals surface area contributed by atoms with E-state index in [4.69, 9.17) is 16.3 Å². The molecule has 36 heavy (non-hydrogen) atoms. The van der Waals surface area contributed by atoms with E-state index in [1.807, 2.05) is 89.5 Å². The van der Waals surface area contributed by atoms with Crippen LogP contribution in [0.15, 0.2) is 107 Å². The van der Waals surface area contributed by atoms with Crippen molar-refractivity contribution in [1.29, 1.82) is 0 Å². The van der Waals surface area contributed by atoms with E-state index in [0.717, 1.165) is 11.1 Å². The predicted molar refractivity (Wildman–Crippen MR) is 144 cm³/mol. The highest BCUT2D eigenvalue weighted by Crippen LogP contribution is 2.20. The van der Waals surface area contributed by atoms with E-state index in [-0.39, 0.29) is 17.9 Å². The van der Waals surface area contributed by atoms with E-state index in [1.165, 1.54) is 0 Å². The lowest BCUT2D eigenvalue weighted by Gasteiger charge is -2.14. The largest absolute Gasteiger partial charge is 0.489 e. The molecule has 4 aromatic carbocycles. The minimum absolute atomic E-state index is 0.0213. The molecule has 1 heterocycles. The number of rotatable bonds is 7. The molecule has 0 aliphatic carbocycles. The highest BCUT2D eigenvalue weighted by molar-refractivity contribution is 6.31. The Kier molecular flexibility index (Phi) is 6.78. The van der Waals surface area contributed by atoms with Crippen molar-refractivity contribution in [3.05, 3.63) is 123 Å². The number of amides is 1. The molecule has 1 amide bonds. The molecule has 178 valence electrons. The maximum Gasteiger partial charge on any atom is 0.260 e. The molecule has 0 aliphatic rings. The summed E-state index contributed by atoms with van der Waals surface area (Å²) in [5, 5.41) is 5.91. The first kappa shape index (κ1) is 23.3. The number of hydrogen-bond donors (Lipinski definition) is 1. The van der Waals surface area contributed by atoms with Crippen LogP contribution in [0, 0.1) is 0 Å². The Morgan fingerprint density at radius 3 is 2.14 bits per heavy atom. The van der Waals surface area contributed by atoms with Crippen molar-refractivity contribution in [2.75, 3.05) is 0 Å². The van der Waals surface area contributed by atoms with E-state index in [0.29, 0.717) is 39.2 Å². The van der Waals surface area contributed by atoms with Crippen molar-refractivity contribution in [2.24, 2.45) is 5.10 Å². The highest BCUT2D eigenvalue weighted by Gasteiger charge is 2.12. The molecule has 1 N–H and O–H groups in total. The number of nitrogens with one attached hydrogen (secondary N) is 1. The number of halogens is 1. The molecule has 0 fully saturated rings. The second kappa shape index (κ2) is 10.5. The van der Waals surface area contributed by atoms with Crippen molar-refractivity contribution in [3.8, 4) is 5.75 Å². The van der Waals surface area contributed by atoms with Crippen LogP contribution < -0.4 is 15.6 Å². The van der Waals surface area contributed by atoms with Gasteiger partial charge in [0, 0.05) is 21.4 Å². The summed E-state index contributed by atoms with van der Waals surface area (Å²) in [6.07, 6.45) is 1.57. The zero-order chi connectivity index (χ0) is 24.9. The molecule has 0 saturated heterocycles. The first-order valence-electron chi connectivity index (χ1n) is 11.4. The minimum Gasteiger partial charge on any atom is -0.489 e. The molecular weight excluding hydrogens is 474 g/mol. The van der Waals surface area contributed by atoms with Crippen LogP contribution in [0.4, 0.5) is 0 Å².